The number of rotatable bonds is 11. The minimum absolute atomic E-state index is 0.0108. The Labute approximate surface area is 146 Å². The lowest BCUT2D eigenvalue weighted by molar-refractivity contribution is -0.111. The van der Waals surface area contributed by atoms with E-state index in [1.807, 2.05) is 13.8 Å². The second-order valence-electron chi connectivity index (χ2n) is 5.55. The van der Waals surface area contributed by atoms with Crippen LogP contribution < -0.4 is 16.0 Å². The van der Waals surface area contributed by atoms with Crippen molar-refractivity contribution in [3.8, 4) is 0 Å². The van der Waals surface area contributed by atoms with Crippen LogP contribution in [0.15, 0.2) is 21.9 Å². The Morgan fingerprint density at radius 3 is 2.48 bits per heavy atom. The summed E-state index contributed by atoms with van der Waals surface area (Å²) in [4.78, 5) is 25.3. The van der Waals surface area contributed by atoms with Crippen molar-refractivity contribution in [1.82, 2.24) is 14.3 Å². The van der Waals surface area contributed by atoms with Gasteiger partial charge in [-0.3, -0.25) is 14.3 Å². The predicted molar refractivity (Wildman–Crippen MR) is 91.0 cm³/mol. The van der Waals surface area contributed by atoms with Crippen LogP contribution in [0.4, 0.5) is 0 Å². The van der Waals surface area contributed by atoms with Crippen LogP contribution in [0.1, 0.15) is 20.1 Å². The van der Waals surface area contributed by atoms with E-state index >= 15 is 0 Å². The lowest BCUT2D eigenvalue weighted by atomic mass is 10.4. The molecule has 25 heavy (non-hydrogen) atoms. The highest BCUT2D eigenvalue weighted by molar-refractivity contribution is 7.89. The van der Waals surface area contributed by atoms with Crippen molar-refractivity contribution in [2.45, 2.75) is 32.3 Å². The van der Waals surface area contributed by atoms with Crippen molar-refractivity contribution in [3.63, 3.8) is 0 Å². The van der Waals surface area contributed by atoms with Gasteiger partial charge in [0.15, 0.2) is 6.23 Å². The van der Waals surface area contributed by atoms with Crippen LogP contribution in [0.5, 0.6) is 0 Å². The van der Waals surface area contributed by atoms with Crippen LogP contribution in [0.25, 0.3) is 0 Å². The van der Waals surface area contributed by atoms with E-state index in [1.54, 1.807) is 0 Å². The molecule has 11 heteroatoms. The largest absolute Gasteiger partial charge is 0.380 e. The summed E-state index contributed by atoms with van der Waals surface area (Å²) in [7, 11) is -0.853. The minimum atomic E-state index is -3.57. The number of ether oxygens (including phenoxy) is 3. The molecule has 1 aromatic rings. The monoisotopic (exact) mass is 379 g/mol. The molecular weight excluding hydrogens is 354 g/mol. The molecule has 2 N–H and O–H groups in total. The molecule has 0 aliphatic heterocycles. The average molecular weight is 379 g/mol. The van der Waals surface area contributed by atoms with Gasteiger partial charge in [-0.15, -0.1) is 0 Å². The smallest absolute Gasteiger partial charge is 0.330 e. The maximum atomic E-state index is 12.0. The van der Waals surface area contributed by atoms with E-state index in [0.717, 1.165) is 10.6 Å². The predicted octanol–water partition coefficient (Wildman–Crippen LogP) is -0.959. The Balaban J connectivity index is 3.05. The SMILES string of the molecule is CNS(=O)(=O)C[C@H](COC(C)C)O[C@H](COC)n1ccc(=O)[nH]c1=O. The lowest BCUT2D eigenvalue weighted by Gasteiger charge is -2.26. The molecule has 0 fully saturated rings. The molecule has 1 rings (SSSR count). The summed E-state index contributed by atoms with van der Waals surface area (Å²) in [5.41, 5.74) is -1.23. The number of aromatic amines is 1. The molecule has 0 aromatic carbocycles. The maximum absolute atomic E-state index is 12.0. The van der Waals surface area contributed by atoms with Crippen LogP contribution >= 0.6 is 0 Å². The van der Waals surface area contributed by atoms with E-state index in [2.05, 4.69) is 9.71 Å². The number of H-pyrrole nitrogens is 1. The number of nitrogens with one attached hydrogen (secondary N) is 2. The second-order valence-corrected chi connectivity index (χ2v) is 7.52. The first kappa shape index (κ1) is 21.5. The summed E-state index contributed by atoms with van der Waals surface area (Å²) in [6, 6.07) is 1.16. The lowest BCUT2D eigenvalue weighted by Crippen LogP contribution is -2.40. The molecule has 0 amide bonds. The molecule has 0 bridgehead atoms. The first-order valence-electron chi connectivity index (χ1n) is 7.67. The Morgan fingerprint density at radius 1 is 1.28 bits per heavy atom. The zero-order valence-electron chi connectivity index (χ0n) is 14.7. The number of sulfonamides is 1. The number of hydrogen-bond acceptors (Lipinski definition) is 7. The summed E-state index contributed by atoms with van der Waals surface area (Å²) in [6.45, 7) is 3.60. The number of methoxy groups -OCH3 is 1. The molecular formula is C14H25N3O7S. The van der Waals surface area contributed by atoms with Gasteiger partial charge in [0.1, 0.15) is 0 Å². The number of aromatic nitrogens is 2. The first-order valence-corrected chi connectivity index (χ1v) is 9.32. The van der Waals surface area contributed by atoms with Gasteiger partial charge in [-0.1, -0.05) is 0 Å². The highest BCUT2D eigenvalue weighted by Crippen LogP contribution is 2.12. The van der Waals surface area contributed by atoms with Crippen molar-refractivity contribution in [2.24, 2.45) is 0 Å². The molecule has 0 aliphatic carbocycles. The van der Waals surface area contributed by atoms with Crippen molar-refractivity contribution in [1.29, 1.82) is 0 Å². The van der Waals surface area contributed by atoms with Gasteiger partial charge in [0, 0.05) is 19.4 Å². The molecule has 1 aromatic heterocycles. The molecule has 0 saturated carbocycles. The molecule has 0 aliphatic rings. The van der Waals surface area contributed by atoms with E-state index in [0.29, 0.717) is 0 Å². The van der Waals surface area contributed by atoms with Crippen molar-refractivity contribution in [3.05, 3.63) is 33.1 Å². The fraction of sp³-hybridized carbons (Fsp3) is 0.714. The summed E-state index contributed by atoms with van der Waals surface area (Å²) in [5, 5.41) is 0. The Kier molecular flexibility index (Phi) is 8.45. The highest BCUT2D eigenvalue weighted by atomic mass is 32.2. The Bertz CT molecular complexity index is 741. The molecule has 10 nitrogen and oxygen atoms in total. The van der Waals surface area contributed by atoms with E-state index in [-0.39, 0.29) is 25.1 Å². The Morgan fingerprint density at radius 2 is 1.96 bits per heavy atom. The minimum Gasteiger partial charge on any atom is -0.380 e. The van der Waals surface area contributed by atoms with Gasteiger partial charge in [-0.25, -0.2) is 17.9 Å². The highest BCUT2D eigenvalue weighted by Gasteiger charge is 2.25. The third kappa shape index (κ3) is 7.48. The van der Waals surface area contributed by atoms with Crippen molar-refractivity contribution in [2.75, 3.05) is 33.1 Å². The van der Waals surface area contributed by atoms with E-state index in [9.17, 15) is 18.0 Å². The first-order chi connectivity index (χ1) is 11.7. The zero-order chi connectivity index (χ0) is 19.0. The summed E-state index contributed by atoms with van der Waals surface area (Å²) >= 11 is 0. The summed E-state index contributed by atoms with van der Waals surface area (Å²) in [6.07, 6.45) is -0.640. The van der Waals surface area contributed by atoms with Crippen LogP contribution in [0.2, 0.25) is 0 Å². The van der Waals surface area contributed by atoms with Gasteiger partial charge in [0.25, 0.3) is 5.56 Å². The fourth-order valence-electron chi connectivity index (χ4n) is 1.96. The van der Waals surface area contributed by atoms with Gasteiger partial charge in [0.05, 0.1) is 31.2 Å². The van der Waals surface area contributed by atoms with Gasteiger partial charge in [-0.05, 0) is 20.9 Å². The molecule has 2 atom stereocenters. The van der Waals surface area contributed by atoms with E-state index in [4.69, 9.17) is 14.2 Å². The van der Waals surface area contributed by atoms with Gasteiger partial charge < -0.3 is 14.2 Å². The fourth-order valence-corrected chi connectivity index (χ4v) is 2.79. The molecule has 144 valence electrons. The maximum Gasteiger partial charge on any atom is 0.330 e. The third-order valence-electron chi connectivity index (χ3n) is 3.15. The normalized spacial score (nSPS) is 14.6. The summed E-state index contributed by atoms with van der Waals surface area (Å²) < 4.78 is 43.3. The second kappa shape index (κ2) is 9.82. The number of nitrogens with zero attached hydrogens (tertiary/aromatic N) is 1. The standard InChI is InChI=1S/C14H25N3O7S/c1-10(2)23-7-11(9-25(20,21)15-3)24-13(8-22-4)17-6-5-12(18)16-14(17)19/h5-6,10-11,13,15H,7-9H2,1-4H3,(H,16,18,19)/t11-,13+/m0/s1. The number of hydrogen-bond donors (Lipinski definition) is 2. The van der Waals surface area contributed by atoms with Gasteiger partial charge >= 0.3 is 5.69 Å². The van der Waals surface area contributed by atoms with Crippen molar-refractivity contribution < 1.29 is 22.6 Å². The average Bonchev–Trinajstić information content (AvgIpc) is 2.52. The molecule has 0 spiro atoms. The topological polar surface area (TPSA) is 129 Å². The van der Waals surface area contributed by atoms with Crippen LogP contribution in [-0.4, -0.2) is 63.3 Å². The van der Waals surface area contributed by atoms with E-state index < -0.39 is 33.6 Å². The van der Waals surface area contributed by atoms with Crippen LogP contribution in [-0.2, 0) is 24.2 Å². The molecule has 0 radical (unpaired) electrons. The third-order valence-corrected chi connectivity index (χ3v) is 4.58. The molecule has 0 saturated heterocycles. The quantitative estimate of drug-likeness (QED) is 0.507. The van der Waals surface area contributed by atoms with Crippen LogP contribution in [0, 0.1) is 0 Å². The Hall–Kier alpha value is -1.53. The molecule has 0 unspecified atom stereocenters. The van der Waals surface area contributed by atoms with Gasteiger partial charge in [0.2, 0.25) is 10.0 Å². The summed E-state index contributed by atoms with van der Waals surface area (Å²) in [5.74, 6) is -0.353. The van der Waals surface area contributed by atoms with Gasteiger partial charge in [-0.2, -0.15) is 0 Å². The van der Waals surface area contributed by atoms with Crippen LogP contribution in [0.3, 0.4) is 0 Å². The zero-order valence-corrected chi connectivity index (χ0v) is 15.5. The van der Waals surface area contributed by atoms with E-state index in [1.165, 1.54) is 20.4 Å². The van der Waals surface area contributed by atoms with Crippen molar-refractivity contribution >= 4 is 10.0 Å². The molecule has 1 heterocycles.